The molecule has 2 rings (SSSR count). The van der Waals surface area contributed by atoms with Crippen molar-refractivity contribution in [1.82, 2.24) is 0 Å². The van der Waals surface area contributed by atoms with Gasteiger partial charge in [0.1, 0.15) is 11.5 Å². The Balaban J connectivity index is 2.19. The molecule has 21 heavy (non-hydrogen) atoms. The van der Waals surface area contributed by atoms with Gasteiger partial charge in [0.2, 0.25) is 0 Å². The van der Waals surface area contributed by atoms with Crippen molar-refractivity contribution in [1.29, 1.82) is 0 Å². The van der Waals surface area contributed by atoms with E-state index in [4.69, 9.17) is 33.7 Å². The summed E-state index contributed by atoms with van der Waals surface area (Å²) in [5.74, 6) is 1.20. The van der Waals surface area contributed by atoms with Crippen molar-refractivity contribution in [2.75, 3.05) is 0 Å². The Kier molecular flexibility index (Phi) is 5.51. The average molecular weight is 324 g/mol. The van der Waals surface area contributed by atoms with Gasteiger partial charge in [-0.1, -0.05) is 42.3 Å². The zero-order chi connectivity index (χ0) is 15.4. The highest BCUT2D eigenvalue weighted by Crippen LogP contribution is 2.34. The first-order valence-electron chi connectivity index (χ1n) is 6.97. The number of benzene rings is 2. The lowest BCUT2D eigenvalue weighted by molar-refractivity contribution is 0.482. The van der Waals surface area contributed by atoms with Crippen molar-refractivity contribution in [2.45, 2.75) is 32.7 Å². The Hall–Kier alpha value is -1.22. The lowest BCUT2D eigenvalue weighted by Crippen LogP contribution is -2.21. The number of nitrogens with two attached hydrogens (primary N) is 1. The van der Waals surface area contributed by atoms with E-state index >= 15 is 0 Å². The summed E-state index contributed by atoms with van der Waals surface area (Å²) >= 11 is 12.4. The molecule has 0 radical (unpaired) electrons. The number of rotatable bonds is 5. The van der Waals surface area contributed by atoms with Gasteiger partial charge in [-0.05, 0) is 55.2 Å². The summed E-state index contributed by atoms with van der Waals surface area (Å²) in [7, 11) is 0. The molecule has 0 heterocycles. The predicted molar refractivity (Wildman–Crippen MR) is 89.7 cm³/mol. The van der Waals surface area contributed by atoms with E-state index in [1.165, 1.54) is 0 Å². The highest BCUT2D eigenvalue weighted by Gasteiger charge is 2.09. The van der Waals surface area contributed by atoms with E-state index in [0.29, 0.717) is 21.5 Å². The van der Waals surface area contributed by atoms with Crippen molar-refractivity contribution in [3.63, 3.8) is 0 Å². The lowest BCUT2D eigenvalue weighted by Gasteiger charge is -2.13. The molecule has 2 N–H and O–H groups in total. The summed E-state index contributed by atoms with van der Waals surface area (Å²) in [6, 6.07) is 11.5. The zero-order valence-corrected chi connectivity index (χ0v) is 13.7. The summed E-state index contributed by atoms with van der Waals surface area (Å²) < 4.78 is 5.81. The number of hydrogen-bond acceptors (Lipinski definition) is 2. The molecular formula is C17H19Cl2NO. The van der Waals surface area contributed by atoms with Crippen LogP contribution in [-0.2, 0) is 6.42 Å². The van der Waals surface area contributed by atoms with Crippen molar-refractivity contribution in [3.05, 3.63) is 57.6 Å². The minimum atomic E-state index is 0.152. The third kappa shape index (κ3) is 4.37. The molecular weight excluding hydrogens is 305 g/mol. The van der Waals surface area contributed by atoms with Gasteiger partial charge < -0.3 is 10.5 Å². The van der Waals surface area contributed by atoms with Gasteiger partial charge in [-0.3, -0.25) is 0 Å². The van der Waals surface area contributed by atoms with Crippen LogP contribution in [0, 0.1) is 6.92 Å². The number of hydrogen-bond donors (Lipinski definition) is 1. The molecule has 112 valence electrons. The molecule has 2 aromatic carbocycles. The second-order valence-corrected chi connectivity index (χ2v) is 5.99. The van der Waals surface area contributed by atoms with Gasteiger partial charge in [0.05, 0.1) is 10.0 Å². The van der Waals surface area contributed by atoms with Crippen LogP contribution in [0.1, 0.15) is 24.5 Å². The first-order valence-corrected chi connectivity index (χ1v) is 7.73. The van der Waals surface area contributed by atoms with E-state index < -0.39 is 0 Å². The third-order valence-electron chi connectivity index (χ3n) is 3.33. The molecule has 0 saturated heterocycles. The Bertz CT molecular complexity index is 628. The van der Waals surface area contributed by atoms with Crippen molar-refractivity contribution < 1.29 is 4.74 Å². The van der Waals surface area contributed by atoms with Crippen LogP contribution < -0.4 is 10.5 Å². The fraction of sp³-hybridized carbons (Fsp3) is 0.294. The number of aryl methyl sites for hydroxylation is 1. The molecule has 0 spiro atoms. The maximum Gasteiger partial charge on any atom is 0.146 e. The minimum Gasteiger partial charge on any atom is -0.454 e. The van der Waals surface area contributed by atoms with E-state index in [1.54, 1.807) is 0 Å². The molecule has 0 aromatic heterocycles. The van der Waals surface area contributed by atoms with E-state index in [9.17, 15) is 0 Å². The summed E-state index contributed by atoms with van der Waals surface area (Å²) in [6.07, 6.45) is 1.75. The normalized spacial score (nSPS) is 12.2. The fourth-order valence-electron chi connectivity index (χ4n) is 2.01. The van der Waals surface area contributed by atoms with Crippen LogP contribution in [0.3, 0.4) is 0 Å². The topological polar surface area (TPSA) is 35.2 Å². The molecule has 0 bridgehead atoms. The highest BCUT2D eigenvalue weighted by atomic mass is 35.5. The van der Waals surface area contributed by atoms with Gasteiger partial charge in [-0.15, -0.1) is 0 Å². The monoisotopic (exact) mass is 323 g/mol. The fourth-order valence-corrected chi connectivity index (χ4v) is 2.41. The summed E-state index contributed by atoms with van der Waals surface area (Å²) in [5, 5.41) is 1.13. The van der Waals surface area contributed by atoms with Crippen molar-refractivity contribution in [3.8, 4) is 11.5 Å². The molecule has 0 aliphatic carbocycles. The minimum absolute atomic E-state index is 0.152. The molecule has 1 atom stereocenters. The second-order valence-electron chi connectivity index (χ2n) is 5.17. The largest absolute Gasteiger partial charge is 0.454 e. The first kappa shape index (κ1) is 16.2. The molecule has 2 aromatic rings. The SMILES string of the molecule is CCC(N)Cc1ccc(Oc2cc(C)ccc2Cl)c(Cl)c1. The molecule has 0 saturated carbocycles. The molecule has 2 nitrogen and oxygen atoms in total. The third-order valence-corrected chi connectivity index (χ3v) is 3.93. The van der Waals surface area contributed by atoms with Crippen LogP contribution in [0.15, 0.2) is 36.4 Å². The predicted octanol–water partition coefficient (Wildman–Crippen LogP) is 5.37. The van der Waals surface area contributed by atoms with Gasteiger partial charge in [0, 0.05) is 6.04 Å². The van der Waals surface area contributed by atoms with Crippen molar-refractivity contribution >= 4 is 23.2 Å². The van der Waals surface area contributed by atoms with E-state index in [2.05, 4.69) is 6.92 Å². The van der Waals surface area contributed by atoms with Crippen LogP contribution in [0.25, 0.3) is 0 Å². The molecule has 4 heteroatoms. The Labute approximate surface area is 135 Å². The number of halogens is 2. The van der Waals surface area contributed by atoms with E-state index in [1.807, 2.05) is 43.3 Å². The molecule has 0 aliphatic heterocycles. The van der Waals surface area contributed by atoms with E-state index in [0.717, 1.165) is 24.0 Å². The van der Waals surface area contributed by atoms with Crippen LogP contribution in [0.4, 0.5) is 0 Å². The summed E-state index contributed by atoms with van der Waals surface area (Å²) in [5.41, 5.74) is 8.15. The first-order chi connectivity index (χ1) is 9.99. The highest BCUT2D eigenvalue weighted by molar-refractivity contribution is 6.32. The Morgan fingerprint density at radius 1 is 1.05 bits per heavy atom. The molecule has 0 aliphatic rings. The van der Waals surface area contributed by atoms with Gasteiger partial charge in [0.15, 0.2) is 0 Å². The number of ether oxygens (including phenoxy) is 1. The maximum absolute atomic E-state index is 6.29. The second kappa shape index (κ2) is 7.17. The van der Waals surface area contributed by atoms with Gasteiger partial charge in [-0.2, -0.15) is 0 Å². The van der Waals surface area contributed by atoms with Crippen LogP contribution in [-0.4, -0.2) is 6.04 Å². The zero-order valence-electron chi connectivity index (χ0n) is 12.2. The van der Waals surface area contributed by atoms with Crippen LogP contribution in [0.5, 0.6) is 11.5 Å². The van der Waals surface area contributed by atoms with Crippen LogP contribution >= 0.6 is 23.2 Å². The Morgan fingerprint density at radius 2 is 1.81 bits per heavy atom. The van der Waals surface area contributed by atoms with Gasteiger partial charge >= 0.3 is 0 Å². The van der Waals surface area contributed by atoms with Crippen molar-refractivity contribution in [2.24, 2.45) is 5.73 Å². The maximum atomic E-state index is 6.29. The Morgan fingerprint density at radius 3 is 2.48 bits per heavy atom. The average Bonchev–Trinajstić information content (AvgIpc) is 2.45. The summed E-state index contributed by atoms with van der Waals surface area (Å²) in [6.45, 7) is 4.06. The molecule has 0 amide bonds. The van der Waals surface area contributed by atoms with Gasteiger partial charge in [-0.25, -0.2) is 0 Å². The molecule has 0 fully saturated rings. The van der Waals surface area contributed by atoms with Gasteiger partial charge in [0.25, 0.3) is 0 Å². The van der Waals surface area contributed by atoms with E-state index in [-0.39, 0.29) is 6.04 Å². The summed E-state index contributed by atoms with van der Waals surface area (Å²) in [4.78, 5) is 0. The standard InChI is InChI=1S/C17H19Cl2NO/c1-3-13(20)9-12-5-7-16(15(19)10-12)21-17-8-11(2)4-6-14(17)18/h4-8,10,13H,3,9,20H2,1-2H3. The van der Waals surface area contributed by atoms with Crippen LogP contribution in [0.2, 0.25) is 10.0 Å². The molecule has 1 unspecified atom stereocenters. The lowest BCUT2D eigenvalue weighted by atomic mass is 10.0. The quantitative estimate of drug-likeness (QED) is 0.802. The smallest absolute Gasteiger partial charge is 0.146 e.